The molecule has 1 aliphatic rings. The van der Waals surface area contributed by atoms with Crippen molar-refractivity contribution in [1.29, 1.82) is 0 Å². The second-order valence-electron chi connectivity index (χ2n) is 2.74. The summed E-state index contributed by atoms with van der Waals surface area (Å²) in [6, 6.07) is 0. The van der Waals surface area contributed by atoms with Gasteiger partial charge >= 0.3 is 11.9 Å². The maximum absolute atomic E-state index is 11.1. The second-order valence-corrected chi connectivity index (χ2v) is 2.74. The third kappa shape index (κ3) is 2.32. The van der Waals surface area contributed by atoms with E-state index in [0.29, 0.717) is 5.57 Å². The molecule has 0 radical (unpaired) electrons. The minimum absolute atomic E-state index is 0.0923. The van der Waals surface area contributed by atoms with Crippen LogP contribution in [0.1, 0.15) is 6.42 Å². The van der Waals surface area contributed by atoms with E-state index < -0.39 is 11.9 Å². The Kier molecular flexibility index (Phi) is 3.23. The Morgan fingerprint density at radius 3 is 2.36 bits per heavy atom. The zero-order valence-electron chi connectivity index (χ0n) is 7.69. The smallest absolute Gasteiger partial charge is 0.334 e. The van der Waals surface area contributed by atoms with Crippen LogP contribution < -0.4 is 0 Å². The fourth-order valence-electron chi connectivity index (χ4n) is 1.08. The molecular weight excluding hydrogens is 184 g/mol. The van der Waals surface area contributed by atoms with Crippen molar-refractivity contribution in [3.8, 4) is 0 Å². The number of rotatable bonds is 2. The molecule has 0 saturated heterocycles. The number of methoxy groups -OCH3 is 1. The number of carboxylic acids is 1. The molecular formula is C10H10O4. The van der Waals surface area contributed by atoms with E-state index in [4.69, 9.17) is 5.11 Å². The van der Waals surface area contributed by atoms with Crippen molar-refractivity contribution in [2.75, 3.05) is 7.11 Å². The van der Waals surface area contributed by atoms with E-state index in [2.05, 4.69) is 4.74 Å². The lowest BCUT2D eigenvalue weighted by Crippen LogP contribution is -2.08. The highest BCUT2D eigenvalue weighted by atomic mass is 16.5. The Labute approximate surface area is 81.2 Å². The molecule has 0 bridgehead atoms. The van der Waals surface area contributed by atoms with Gasteiger partial charge in [0, 0.05) is 17.6 Å². The highest BCUT2D eigenvalue weighted by molar-refractivity contribution is 5.94. The molecule has 0 unspecified atom stereocenters. The lowest BCUT2D eigenvalue weighted by molar-refractivity contribution is -0.136. The first-order valence-electron chi connectivity index (χ1n) is 4.03. The van der Waals surface area contributed by atoms with Crippen LogP contribution in [-0.4, -0.2) is 24.2 Å². The third-order valence-electron chi connectivity index (χ3n) is 1.81. The standard InChI is InChI=1S/C10H10O4/c1-14-10(13)8-5-3-2-4-7(6-8)9(11)12/h2-5H,6H2,1H3,(H,11,12). The highest BCUT2D eigenvalue weighted by Crippen LogP contribution is 2.15. The van der Waals surface area contributed by atoms with Crippen molar-refractivity contribution in [1.82, 2.24) is 0 Å². The van der Waals surface area contributed by atoms with Crippen LogP contribution in [0.4, 0.5) is 0 Å². The van der Waals surface area contributed by atoms with Gasteiger partial charge in [-0.2, -0.15) is 0 Å². The summed E-state index contributed by atoms with van der Waals surface area (Å²) in [6.45, 7) is 0. The second kappa shape index (κ2) is 4.41. The molecule has 0 aromatic carbocycles. The molecule has 4 heteroatoms. The fraction of sp³-hybridized carbons (Fsp3) is 0.200. The van der Waals surface area contributed by atoms with Gasteiger partial charge in [0.25, 0.3) is 0 Å². The van der Waals surface area contributed by atoms with Crippen LogP contribution in [0.3, 0.4) is 0 Å². The summed E-state index contributed by atoms with van der Waals surface area (Å²) in [4.78, 5) is 21.8. The van der Waals surface area contributed by atoms with Gasteiger partial charge in [-0.25, -0.2) is 9.59 Å². The van der Waals surface area contributed by atoms with Crippen molar-refractivity contribution in [3.05, 3.63) is 35.5 Å². The zero-order valence-corrected chi connectivity index (χ0v) is 7.69. The van der Waals surface area contributed by atoms with Gasteiger partial charge in [-0.1, -0.05) is 24.3 Å². The first-order chi connectivity index (χ1) is 6.65. The number of carboxylic acid groups (broad SMARTS) is 1. The van der Waals surface area contributed by atoms with E-state index in [9.17, 15) is 9.59 Å². The van der Waals surface area contributed by atoms with Gasteiger partial charge < -0.3 is 9.84 Å². The van der Waals surface area contributed by atoms with Crippen LogP contribution in [0, 0.1) is 0 Å². The number of carbonyl (C=O) groups is 2. The Morgan fingerprint density at radius 2 is 1.86 bits per heavy atom. The maximum Gasteiger partial charge on any atom is 0.334 e. The Hall–Kier alpha value is -1.84. The fourth-order valence-corrected chi connectivity index (χ4v) is 1.08. The van der Waals surface area contributed by atoms with Crippen LogP contribution in [0.25, 0.3) is 0 Å². The predicted molar refractivity (Wildman–Crippen MR) is 49.6 cm³/mol. The summed E-state index contributed by atoms with van der Waals surface area (Å²) in [5.41, 5.74) is 0.519. The number of ether oxygens (including phenoxy) is 1. The molecule has 0 spiro atoms. The minimum atomic E-state index is -1.02. The van der Waals surface area contributed by atoms with Gasteiger partial charge in [-0.3, -0.25) is 0 Å². The molecule has 0 heterocycles. The van der Waals surface area contributed by atoms with Gasteiger partial charge in [0.1, 0.15) is 0 Å². The van der Waals surface area contributed by atoms with E-state index in [0.717, 1.165) is 0 Å². The summed E-state index contributed by atoms with van der Waals surface area (Å²) in [6.07, 6.45) is 6.31. The summed E-state index contributed by atoms with van der Waals surface area (Å²) in [7, 11) is 1.27. The lowest BCUT2D eigenvalue weighted by atomic mass is 10.1. The number of aliphatic carboxylic acids is 1. The predicted octanol–water partition coefficient (Wildman–Crippen LogP) is 1.06. The van der Waals surface area contributed by atoms with Gasteiger partial charge in [0.2, 0.25) is 0 Å². The third-order valence-corrected chi connectivity index (χ3v) is 1.81. The Morgan fingerprint density at radius 1 is 1.29 bits per heavy atom. The van der Waals surface area contributed by atoms with Crippen molar-refractivity contribution in [2.45, 2.75) is 6.42 Å². The molecule has 74 valence electrons. The Bertz CT molecular complexity index is 347. The summed E-state index contributed by atoms with van der Waals surface area (Å²) in [5.74, 6) is -1.52. The van der Waals surface area contributed by atoms with Gasteiger partial charge in [-0.15, -0.1) is 0 Å². The number of carbonyl (C=O) groups excluding carboxylic acids is 1. The van der Waals surface area contributed by atoms with Gasteiger partial charge in [0.15, 0.2) is 0 Å². The van der Waals surface area contributed by atoms with Crippen molar-refractivity contribution in [3.63, 3.8) is 0 Å². The Balaban J connectivity index is 2.89. The van der Waals surface area contributed by atoms with E-state index in [1.54, 1.807) is 18.2 Å². The average Bonchev–Trinajstić information content (AvgIpc) is 2.41. The molecule has 1 rings (SSSR count). The average molecular weight is 194 g/mol. The molecule has 0 saturated carbocycles. The zero-order chi connectivity index (χ0) is 10.6. The topological polar surface area (TPSA) is 63.6 Å². The molecule has 0 fully saturated rings. The van der Waals surface area contributed by atoms with Crippen LogP contribution in [0.15, 0.2) is 35.5 Å². The van der Waals surface area contributed by atoms with E-state index in [1.165, 1.54) is 13.2 Å². The molecule has 1 aliphatic carbocycles. The van der Waals surface area contributed by atoms with Crippen LogP contribution >= 0.6 is 0 Å². The first-order valence-corrected chi connectivity index (χ1v) is 4.03. The molecule has 4 nitrogen and oxygen atoms in total. The molecule has 0 atom stereocenters. The monoisotopic (exact) mass is 194 g/mol. The molecule has 0 aromatic heterocycles. The maximum atomic E-state index is 11.1. The minimum Gasteiger partial charge on any atom is -0.478 e. The molecule has 0 amide bonds. The number of hydrogen-bond donors (Lipinski definition) is 1. The quantitative estimate of drug-likeness (QED) is 0.667. The van der Waals surface area contributed by atoms with Crippen molar-refractivity contribution < 1.29 is 19.4 Å². The summed E-state index contributed by atoms with van der Waals surface area (Å²) < 4.78 is 4.51. The van der Waals surface area contributed by atoms with Crippen LogP contribution in [0.5, 0.6) is 0 Å². The van der Waals surface area contributed by atoms with E-state index in [-0.39, 0.29) is 12.0 Å². The summed E-state index contributed by atoms with van der Waals surface area (Å²) in [5, 5.41) is 8.75. The molecule has 1 N–H and O–H groups in total. The number of esters is 1. The van der Waals surface area contributed by atoms with Gasteiger partial charge in [0.05, 0.1) is 7.11 Å². The molecule has 0 aromatic rings. The number of hydrogen-bond acceptors (Lipinski definition) is 3. The lowest BCUT2D eigenvalue weighted by Gasteiger charge is -2.03. The largest absolute Gasteiger partial charge is 0.478 e. The van der Waals surface area contributed by atoms with E-state index in [1.807, 2.05) is 0 Å². The SMILES string of the molecule is COC(=O)C1=CC=CC=C(C(=O)O)C1. The summed E-state index contributed by atoms with van der Waals surface area (Å²) >= 11 is 0. The molecule has 14 heavy (non-hydrogen) atoms. The van der Waals surface area contributed by atoms with Crippen LogP contribution in [0.2, 0.25) is 0 Å². The van der Waals surface area contributed by atoms with Crippen molar-refractivity contribution >= 4 is 11.9 Å². The first kappa shape index (κ1) is 10.2. The van der Waals surface area contributed by atoms with E-state index >= 15 is 0 Å². The normalized spacial score (nSPS) is 15.2. The van der Waals surface area contributed by atoms with Crippen LogP contribution in [-0.2, 0) is 14.3 Å². The molecule has 0 aliphatic heterocycles. The van der Waals surface area contributed by atoms with Crippen molar-refractivity contribution in [2.24, 2.45) is 0 Å². The highest BCUT2D eigenvalue weighted by Gasteiger charge is 2.16. The van der Waals surface area contributed by atoms with Gasteiger partial charge in [-0.05, 0) is 0 Å². The number of allylic oxidation sites excluding steroid dienone is 4.